The molecule has 2 aliphatic rings. The molecular weight excluding hydrogens is 519 g/mol. The van der Waals surface area contributed by atoms with Crippen LogP contribution in [0.15, 0.2) is 23.2 Å². The van der Waals surface area contributed by atoms with Gasteiger partial charge in [-0.1, -0.05) is 12.1 Å². The normalized spacial score (nSPS) is 21.3. The van der Waals surface area contributed by atoms with Gasteiger partial charge in [0, 0.05) is 51.3 Å². The van der Waals surface area contributed by atoms with E-state index in [0.717, 1.165) is 36.5 Å². The fraction of sp³-hybridized carbons (Fsp3) is 0.650. The van der Waals surface area contributed by atoms with Crippen molar-refractivity contribution in [1.29, 1.82) is 0 Å². The molecule has 0 aliphatic carbocycles. The fourth-order valence-corrected chi connectivity index (χ4v) is 5.03. The zero-order valence-electron chi connectivity index (χ0n) is 17.7. The number of nitrogens with zero attached hydrogens (tertiary/aromatic N) is 2. The molecule has 0 radical (unpaired) electrons. The maximum atomic E-state index is 11.9. The van der Waals surface area contributed by atoms with Gasteiger partial charge >= 0.3 is 0 Å². The summed E-state index contributed by atoms with van der Waals surface area (Å²) in [5.41, 5.74) is 2.21. The van der Waals surface area contributed by atoms with Crippen LogP contribution in [0.1, 0.15) is 24.0 Å². The van der Waals surface area contributed by atoms with Gasteiger partial charge in [-0.25, -0.2) is 12.7 Å². The van der Waals surface area contributed by atoms with Gasteiger partial charge in [-0.3, -0.25) is 4.99 Å². The number of hydrogen-bond donors (Lipinski definition) is 2. The summed E-state index contributed by atoms with van der Waals surface area (Å²) in [6.45, 7) is 6.43. The molecule has 2 N–H and O–H groups in total. The molecule has 1 aromatic rings. The summed E-state index contributed by atoms with van der Waals surface area (Å²) in [5, 5.41) is 6.47. The van der Waals surface area contributed by atoms with Gasteiger partial charge in [-0.2, -0.15) is 0 Å². The number of guanidine groups is 1. The van der Waals surface area contributed by atoms with Crippen molar-refractivity contribution in [2.75, 3.05) is 52.3 Å². The average molecular weight is 552 g/mol. The summed E-state index contributed by atoms with van der Waals surface area (Å²) in [6.07, 6.45) is 1.75. The SMILES string of the molecule is CN=C(NCCN1CCCS1(=O)=O)NCc1ccc(C)cc1OCC1CCOC1.I. The van der Waals surface area contributed by atoms with E-state index in [1.165, 1.54) is 4.31 Å². The number of rotatable bonds is 8. The number of ether oxygens (including phenoxy) is 2. The first-order chi connectivity index (χ1) is 14.0. The zero-order valence-corrected chi connectivity index (χ0v) is 20.9. The second-order valence-corrected chi connectivity index (χ2v) is 9.66. The van der Waals surface area contributed by atoms with E-state index in [-0.39, 0.29) is 29.7 Å². The van der Waals surface area contributed by atoms with Gasteiger partial charge < -0.3 is 20.1 Å². The molecule has 2 saturated heterocycles. The Bertz CT molecular complexity index is 813. The molecule has 0 aromatic heterocycles. The van der Waals surface area contributed by atoms with Crippen molar-refractivity contribution in [3.63, 3.8) is 0 Å². The van der Waals surface area contributed by atoms with Crippen LogP contribution in [0, 0.1) is 12.8 Å². The van der Waals surface area contributed by atoms with Gasteiger partial charge in [0.15, 0.2) is 5.96 Å². The first-order valence-electron chi connectivity index (χ1n) is 10.2. The maximum absolute atomic E-state index is 11.9. The highest BCUT2D eigenvalue weighted by atomic mass is 127. The molecule has 8 nitrogen and oxygen atoms in total. The third-order valence-electron chi connectivity index (χ3n) is 5.25. The second-order valence-electron chi connectivity index (χ2n) is 7.57. The Labute approximate surface area is 196 Å². The minimum Gasteiger partial charge on any atom is -0.493 e. The van der Waals surface area contributed by atoms with Crippen LogP contribution in [0.3, 0.4) is 0 Å². The molecule has 30 heavy (non-hydrogen) atoms. The van der Waals surface area contributed by atoms with Crippen LogP contribution in [-0.2, 0) is 21.3 Å². The predicted octanol–water partition coefficient (Wildman–Crippen LogP) is 1.73. The van der Waals surface area contributed by atoms with Crippen molar-refractivity contribution in [1.82, 2.24) is 14.9 Å². The largest absolute Gasteiger partial charge is 0.493 e. The minimum absolute atomic E-state index is 0. The lowest BCUT2D eigenvalue weighted by atomic mass is 10.1. The number of benzene rings is 1. The van der Waals surface area contributed by atoms with E-state index in [1.807, 2.05) is 0 Å². The van der Waals surface area contributed by atoms with E-state index >= 15 is 0 Å². The Kier molecular flexibility index (Phi) is 10.1. The molecule has 2 fully saturated rings. The van der Waals surface area contributed by atoms with Gasteiger partial charge in [-0.05, 0) is 31.4 Å². The summed E-state index contributed by atoms with van der Waals surface area (Å²) >= 11 is 0. The van der Waals surface area contributed by atoms with Crippen LogP contribution < -0.4 is 15.4 Å². The molecule has 0 amide bonds. The molecule has 10 heteroatoms. The highest BCUT2D eigenvalue weighted by molar-refractivity contribution is 14.0. The monoisotopic (exact) mass is 552 g/mol. The second kappa shape index (κ2) is 12.1. The first kappa shape index (κ1) is 25.2. The Morgan fingerprint density at radius 2 is 2.20 bits per heavy atom. The third kappa shape index (κ3) is 7.24. The smallest absolute Gasteiger partial charge is 0.214 e. The number of nitrogens with one attached hydrogen (secondary N) is 2. The molecule has 2 aliphatic heterocycles. The van der Waals surface area contributed by atoms with Crippen molar-refractivity contribution >= 4 is 40.0 Å². The van der Waals surface area contributed by atoms with Crippen molar-refractivity contribution in [2.24, 2.45) is 10.9 Å². The van der Waals surface area contributed by atoms with Gasteiger partial charge in [0.05, 0.1) is 19.0 Å². The van der Waals surface area contributed by atoms with Crippen molar-refractivity contribution < 1.29 is 17.9 Å². The molecule has 0 bridgehead atoms. The van der Waals surface area contributed by atoms with Crippen LogP contribution in [0.4, 0.5) is 0 Å². The van der Waals surface area contributed by atoms with E-state index in [1.54, 1.807) is 7.05 Å². The van der Waals surface area contributed by atoms with Gasteiger partial charge in [0.2, 0.25) is 10.0 Å². The molecule has 1 atom stereocenters. The highest BCUT2D eigenvalue weighted by Crippen LogP contribution is 2.22. The molecule has 3 rings (SSSR count). The van der Waals surface area contributed by atoms with Crippen LogP contribution in [0.5, 0.6) is 5.75 Å². The van der Waals surface area contributed by atoms with Crippen LogP contribution in [0.25, 0.3) is 0 Å². The zero-order chi connectivity index (χ0) is 20.7. The molecule has 170 valence electrons. The molecule has 1 unspecified atom stereocenters. The summed E-state index contributed by atoms with van der Waals surface area (Å²) < 4.78 is 36.8. The number of hydrogen-bond acceptors (Lipinski definition) is 5. The van der Waals surface area contributed by atoms with Crippen molar-refractivity contribution in [3.8, 4) is 5.75 Å². The lowest BCUT2D eigenvalue weighted by Gasteiger charge is -2.18. The molecule has 1 aromatic carbocycles. The molecule has 0 saturated carbocycles. The quantitative estimate of drug-likeness (QED) is 0.290. The van der Waals surface area contributed by atoms with Gasteiger partial charge in [0.1, 0.15) is 5.75 Å². The van der Waals surface area contributed by atoms with Gasteiger partial charge in [-0.15, -0.1) is 24.0 Å². The average Bonchev–Trinajstić information content (AvgIpc) is 3.33. The Balaban J connectivity index is 0.00000320. The first-order valence-corrected chi connectivity index (χ1v) is 11.8. The molecule has 0 spiro atoms. The van der Waals surface area contributed by atoms with Crippen molar-refractivity contribution in [2.45, 2.75) is 26.3 Å². The van der Waals surface area contributed by atoms with E-state index in [2.05, 4.69) is 40.7 Å². The lowest BCUT2D eigenvalue weighted by Crippen LogP contribution is -2.41. The number of halogens is 1. The van der Waals surface area contributed by atoms with E-state index < -0.39 is 10.0 Å². The van der Waals surface area contributed by atoms with Gasteiger partial charge in [0.25, 0.3) is 0 Å². The van der Waals surface area contributed by atoms with E-state index in [0.29, 0.717) is 51.1 Å². The standard InChI is InChI=1S/C20H32N4O4S.HI/c1-16-4-5-18(19(12-16)28-15-17-6-10-27-14-17)13-23-20(21-2)22-7-9-24-8-3-11-29(24,25)26;/h4-5,12,17H,3,6-11,13-15H2,1-2H3,(H2,21,22,23);1H. The number of aliphatic imine (C=N–C) groups is 1. The van der Waals surface area contributed by atoms with E-state index in [4.69, 9.17) is 9.47 Å². The molecule has 2 heterocycles. The molecular formula is C20H33IN4O4S. The number of aryl methyl sites for hydroxylation is 1. The van der Waals surface area contributed by atoms with Crippen LogP contribution in [-0.4, -0.2) is 70.9 Å². The predicted molar refractivity (Wildman–Crippen MR) is 129 cm³/mol. The highest BCUT2D eigenvalue weighted by Gasteiger charge is 2.27. The van der Waals surface area contributed by atoms with E-state index in [9.17, 15) is 8.42 Å². The van der Waals surface area contributed by atoms with Crippen molar-refractivity contribution in [3.05, 3.63) is 29.3 Å². The number of sulfonamides is 1. The third-order valence-corrected chi connectivity index (χ3v) is 7.20. The fourth-order valence-electron chi connectivity index (χ4n) is 3.51. The summed E-state index contributed by atoms with van der Waals surface area (Å²) in [6, 6.07) is 6.19. The van der Waals surface area contributed by atoms with Crippen LogP contribution >= 0.6 is 24.0 Å². The minimum atomic E-state index is -3.06. The summed E-state index contributed by atoms with van der Waals surface area (Å²) in [5.74, 6) is 2.22. The summed E-state index contributed by atoms with van der Waals surface area (Å²) in [4.78, 5) is 4.23. The maximum Gasteiger partial charge on any atom is 0.214 e. The Morgan fingerprint density at radius 3 is 2.87 bits per heavy atom. The topological polar surface area (TPSA) is 92.3 Å². The Hall–Kier alpha value is -1.11. The summed E-state index contributed by atoms with van der Waals surface area (Å²) in [7, 11) is -1.36. The Morgan fingerprint density at radius 1 is 1.37 bits per heavy atom. The van der Waals surface area contributed by atoms with Crippen LogP contribution in [0.2, 0.25) is 0 Å². The lowest BCUT2D eigenvalue weighted by molar-refractivity contribution is 0.166.